The SMILES string of the molecule is CC(NC(=O)CC(NC(N)=O)c1ccccc1)c1ccc(Cl)cc1Cl. The number of carbonyl (C=O) groups excluding carboxylic acids is 2. The van der Waals surface area contributed by atoms with E-state index < -0.39 is 12.1 Å². The Labute approximate surface area is 156 Å². The zero-order valence-electron chi connectivity index (χ0n) is 13.6. The molecule has 2 aromatic rings. The summed E-state index contributed by atoms with van der Waals surface area (Å²) in [6.45, 7) is 1.83. The van der Waals surface area contributed by atoms with Crippen molar-refractivity contribution in [3.8, 4) is 0 Å². The van der Waals surface area contributed by atoms with Gasteiger partial charge in [0.1, 0.15) is 0 Å². The number of amides is 3. The molecule has 0 aliphatic heterocycles. The molecule has 0 spiro atoms. The van der Waals surface area contributed by atoms with E-state index in [0.29, 0.717) is 10.0 Å². The van der Waals surface area contributed by atoms with Gasteiger partial charge in [0.05, 0.1) is 18.5 Å². The third kappa shape index (κ3) is 5.66. The summed E-state index contributed by atoms with van der Waals surface area (Å²) in [6, 6.07) is 12.8. The summed E-state index contributed by atoms with van der Waals surface area (Å²) in [5, 5.41) is 6.48. The summed E-state index contributed by atoms with van der Waals surface area (Å²) in [5.41, 5.74) is 6.78. The molecule has 2 aromatic carbocycles. The van der Waals surface area contributed by atoms with Crippen LogP contribution in [0.3, 0.4) is 0 Å². The van der Waals surface area contributed by atoms with Gasteiger partial charge in [-0.15, -0.1) is 0 Å². The predicted molar refractivity (Wildman–Crippen MR) is 99.5 cm³/mol. The van der Waals surface area contributed by atoms with Crippen LogP contribution in [0.2, 0.25) is 10.0 Å². The number of urea groups is 1. The van der Waals surface area contributed by atoms with Crippen LogP contribution in [0, 0.1) is 0 Å². The topological polar surface area (TPSA) is 84.2 Å². The lowest BCUT2D eigenvalue weighted by Crippen LogP contribution is -2.37. The molecule has 3 amide bonds. The maximum absolute atomic E-state index is 12.4. The molecular formula is C18H19Cl2N3O2. The molecule has 0 saturated heterocycles. The highest BCUT2D eigenvalue weighted by atomic mass is 35.5. The molecule has 0 saturated carbocycles. The highest BCUT2D eigenvalue weighted by Crippen LogP contribution is 2.26. The summed E-state index contributed by atoms with van der Waals surface area (Å²) >= 11 is 12.1. The molecule has 2 atom stereocenters. The van der Waals surface area contributed by atoms with Gasteiger partial charge in [-0.2, -0.15) is 0 Å². The Kier molecular flexibility index (Phi) is 6.67. The molecule has 0 aliphatic rings. The molecule has 4 N–H and O–H groups in total. The van der Waals surface area contributed by atoms with Gasteiger partial charge in [-0.05, 0) is 30.2 Å². The molecular weight excluding hydrogens is 361 g/mol. The van der Waals surface area contributed by atoms with Crippen molar-refractivity contribution in [1.82, 2.24) is 10.6 Å². The molecule has 0 heterocycles. The van der Waals surface area contributed by atoms with Gasteiger partial charge in [0, 0.05) is 10.0 Å². The van der Waals surface area contributed by atoms with Crippen LogP contribution in [-0.4, -0.2) is 11.9 Å². The van der Waals surface area contributed by atoms with Gasteiger partial charge in [0.2, 0.25) is 5.91 Å². The van der Waals surface area contributed by atoms with E-state index in [1.165, 1.54) is 0 Å². The van der Waals surface area contributed by atoms with Crippen LogP contribution in [0.5, 0.6) is 0 Å². The maximum Gasteiger partial charge on any atom is 0.312 e. The molecule has 2 unspecified atom stereocenters. The van der Waals surface area contributed by atoms with E-state index in [-0.39, 0.29) is 18.4 Å². The van der Waals surface area contributed by atoms with Crippen LogP contribution in [0.4, 0.5) is 4.79 Å². The zero-order chi connectivity index (χ0) is 18.4. The van der Waals surface area contributed by atoms with Crippen molar-refractivity contribution in [2.45, 2.75) is 25.4 Å². The first-order valence-corrected chi connectivity index (χ1v) is 8.47. The second-order valence-corrected chi connectivity index (χ2v) is 6.47. The van der Waals surface area contributed by atoms with Crippen molar-refractivity contribution in [3.63, 3.8) is 0 Å². The van der Waals surface area contributed by atoms with Crippen LogP contribution in [0.1, 0.15) is 36.6 Å². The van der Waals surface area contributed by atoms with Gasteiger partial charge < -0.3 is 16.4 Å². The van der Waals surface area contributed by atoms with Crippen molar-refractivity contribution >= 4 is 35.1 Å². The molecule has 25 heavy (non-hydrogen) atoms. The van der Waals surface area contributed by atoms with E-state index in [2.05, 4.69) is 10.6 Å². The van der Waals surface area contributed by atoms with E-state index >= 15 is 0 Å². The Morgan fingerprint density at radius 2 is 1.76 bits per heavy atom. The monoisotopic (exact) mass is 379 g/mol. The Bertz CT molecular complexity index is 753. The number of nitrogens with one attached hydrogen (secondary N) is 2. The van der Waals surface area contributed by atoms with Crippen molar-refractivity contribution in [3.05, 3.63) is 69.7 Å². The fraction of sp³-hybridized carbons (Fsp3) is 0.222. The summed E-state index contributed by atoms with van der Waals surface area (Å²) in [6.07, 6.45) is 0.0580. The lowest BCUT2D eigenvalue weighted by atomic mass is 10.0. The van der Waals surface area contributed by atoms with Gasteiger partial charge in [0.25, 0.3) is 0 Å². The number of hydrogen-bond donors (Lipinski definition) is 3. The Morgan fingerprint density at radius 1 is 1.08 bits per heavy atom. The van der Waals surface area contributed by atoms with E-state index in [1.54, 1.807) is 18.2 Å². The smallest absolute Gasteiger partial charge is 0.312 e. The molecule has 7 heteroatoms. The van der Waals surface area contributed by atoms with Gasteiger partial charge in [-0.3, -0.25) is 4.79 Å². The summed E-state index contributed by atoms with van der Waals surface area (Å²) in [5.74, 6) is -0.235. The molecule has 0 bridgehead atoms. The number of primary amides is 1. The second-order valence-electron chi connectivity index (χ2n) is 5.63. The third-order valence-electron chi connectivity index (χ3n) is 3.71. The predicted octanol–water partition coefficient (Wildman–Crippen LogP) is 3.97. The number of nitrogens with two attached hydrogens (primary N) is 1. The van der Waals surface area contributed by atoms with Crippen LogP contribution in [-0.2, 0) is 4.79 Å². The number of carbonyl (C=O) groups is 2. The van der Waals surface area contributed by atoms with Crippen molar-refractivity contribution in [2.24, 2.45) is 5.73 Å². The van der Waals surface area contributed by atoms with Crippen LogP contribution < -0.4 is 16.4 Å². The van der Waals surface area contributed by atoms with E-state index in [1.807, 2.05) is 37.3 Å². The highest BCUT2D eigenvalue weighted by molar-refractivity contribution is 6.35. The molecule has 0 aromatic heterocycles. The second kappa shape index (κ2) is 8.74. The summed E-state index contributed by atoms with van der Waals surface area (Å²) < 4.78 is 0. The van der Waals surface area contributed by atoms with Crippen LogP contribution in [0.25, 0.3) is 0 Å². The molecule has 0 fully saturated rings. The Morgan fingerprint density at radius 3 is 2.36 bits per heavy atom. The first kappa shape index (κ1) is 19.1. The lowest BCUT2D eigenvalue weighted by molar-refractivity contribution is -0.122. The minimum atomic E-state index is -0.685. The van der Waals surface area contributed by atoms with Crippen LogP contribution >= 0.6 is 23.2 Å². The fourth-order valence-electron chi connectivity index (χ4n) is 2.53. The average Bonchev–Trinajstić information content (AvgIpc) is 2.54. The van der Waals surface area contributed by atoms with Gasteiger partial charge in [-0.1, -0.05) is 59.6 Å². The largest absolute Gasteiger partial charge is 0.352 e. The number of halogens is 2. The number of hydrogen-bond acceptors (Lipinski definition) is 2. The fourth-order valence-corrected chi connectivity index (χ4v) is 3.10. The molecule has 5 nitrogen and oxygen atoms in total. The van der Waals surface area contributed by atoms with E-state index in [0.717, 1.165) is 11.1 Å². The maximum atomic E-state index is 12.4. The highest BCUT2D eigenvalue weighted by Gasteiger charge is 2.19. The van der Waals surface area contributed by atoms with Gasteiger partial charge in [-0.25, -0.2) is 4.79 Å². The van der Waals surface area contributed by atoms with E-state index in [4.69, 9.17) is 28.9 Å². The van der Waals surface area contributed by atoms with Gasteiger partial charge >= 0.3 is 6.03 Å². The summed E-state index contributed by atoms with van der Waals surface area (Å²) in [4.78, 5) is 23.6. The third-order valence-corrected chi connectivity index (χ3v) is 4.28. The van der Waals surface area contributed by atoms with E-state index in [9.17, 15) is 9.59 Å². The van der Waals surface area contributed by atoms with Crippen molar-refractivity contribution in [1.29, 1.82) is 0 Å². The Hall–Kier alpha value is -2.24. The molecule has 2 rings (SSSR count). The van der Waals surface area contributed by atoms with Crippen molar-refractivity contribution < 1.29 is 9.59 Å². The minimum absolute atomic E-state index is 0.0580. The first-order chi connectivity index (χ1) is 11.9. The normalized spacial score (nSPS) is 12.9. The standard InChI is InChI=1S/C18H19Cl2N3O2/c1-11(14-8-7-13(19)9-15(14)20)22-17(24)10-16(23-18(21)25)12-5-3-2-4-6-12/h2-9,11,16H,10H2,1H3,(H,22,24)(H3,21,23,25). The number of rotatable bonds is 6. The van der Waals surface area contributed by atoms with Gasteiger partial charge in [0.15, 0.2) is 0 Å². The van der Waals surface area contributed by atoms with Crippen molar-refractivity contribution in [2.75, 3.05) is 0 Å². The number of benzene rings is 2. The minimum Gasteiger partial charge on any atom is -0.352 e. The molecule has 132 valence electrons. The van der Waals surface area contributed by atoms with Crippen LogP contribution in [0.15, 0.2) is 48.5 Å². The molecule has 0 aliphatic carbocycles. The summed E-state index contributed by atoms with van der Waals surface area (Å²) in [7, 11) is 0. The average molecular weight is 380 g/mol. The quantitative estimate of drug-likeness (QED) is 0.709. The lowest BCUT2D eigenvalue weighted by Gasteiger charge is -2.20. The molecule has 0 radical (unpaired) electrons. The Balaban J connectivity index is 2.06. The first-order valence-electron chi connectivity index (χ1n) is 7.72. The zero-order valence-corrected chi connectivity index (χ0v) is 15.1.